The Bertz CT molecular complexity index is 1280. The van der Waals surface area contributed by atoms with Crippen LogP contribution in [0.1, 0.15) is 55.8 Å². The van der Waals surface area contributed by atoms with Crippen molar-refractivity contribution in [3.8, 4) is 11.1 Å². The minimum Gasteiger partial charge on any atom is -0.459 e. The van der Waals surface area contributed by atoms with Crippen LogP contribution in [0.5, 0.6) is 0 Å². The topological polar surface area (TPSA) is 105 Å². The quantitative estimate of drug-likeness (QED) is 0.257. The molecule has 0 bridgehead atoms. The van der Waals surface area contributed by atoms with Crippen molar-refractivity contribution in [2.24, 2.45) is 0 Å². The van der Waals surface area contributed by atoms with Crippen LogP contribution in [0.3, 0.4) is 0 Å². The second-order valence-electron chi connectivity index (χ2n) is 10.4. The molecule has 2 atom stereocenters. The summed E-state index contributed by atoms with van der Waals surface area (Å²) in [6.45, 7) is 5.17. The Morgan fingerprint density at radius 3 is 2.08 bits per heavy atom. The van der Waals surface area contributed by atoms with E-state index in [9.17, 15) is 18.4 Å². The summed E-state index contributed by atoms with van der Waals surface area (Å²) in [7, 11) is 0. The molecule has 8 nitrogen and oxygen atoms in total. The number of hydrogen-bond acceptors (Lipinski definition) is 5. The van der Waals surface area contributed by atoms with Crippen LogP contribution in [0, 0.1) is 0 Å². The van der Waals surface area contributed by atoms with E-state index in [2.05, 4.69) is 29.6 Å². The fourth-order valence-electron chi connectivity index (χ4n) is 4.89. The largest absolute Gasteiger partial charge is 0.459 e. The molecule has 0 saturated carbocycles. The van der Waals surface area contributed by atoms with Gasteiger partial charge in [0.1, 0.15) is 18.8 Å². The summed E-state index contributed by atoms with van der Waals surface area (Å²) >= 11 is -2.46. The lowest BCUT2D eigenvalue weighted by Gasteiger charge is -2.29. The highest BCUT2D eigenvalue weighted by molar-refractivity contribution is 7.76. The zero-order chi connectivity index (χ0) is 28.0. The number of amides is 1. The first kappa shape index (κ1) is 28.5. The SMILES string of the molecule is CC(C)(C)OC(=O)CN(C(CCNC(=O)OCC1c2ccccc2-c2ccccc21)c1ccccc1)S(=O)O. The number of carbonyl (C=O) groups excluding carboxylic acids is 2. The zero-order valence-electron chi connectivity index (χ0n) is 22.3. The smallest absolute Gasteiger partial charge is 0.407 e. The van der Waals surface area contributed by atoms with E-state index in [0.717, 1.165) is 32.1 Å². The van der Waals surface area contributed by atoms with E-state index in [-0.39, 0.29) is 32.0 Å². The molecule has 0 saturated heterocycles. The molecule has 0 aliphatic heterocycles. The third-order valence-electron chi connectivity index (χ3n) is 6.47. The molecule has 0 fully saturated rings. The molecule has 39 heavy (non-hydrogen) atoms. The second-order valence-corrected chi connectivity index (χ2v) is 11.3. The van der Waals surface area contributed by atoms with Gasteiger partial charge in [0.15, 0.2) is 0 Å². The molecular weight excluding hydrogens is 516 g/mol. The summed E-state index contributed by atoms with van der Waals surface area (Å²) in [4.78, 5) is 25.1. The number of hydrogen-bond donors (Lipinski definition) is 2. The van der Waals surface area contributed by atoms with Gasteiger partial charge in [0, 0.05) is 12.5 Å². The van der Waals surface area contributed by atoms with Crippen LogP contribution in [0.15, 0.2) is 78.9 Å². The maximum atomic E-state index is 12.6. The van der Waals surface area contributed by atoms with Gasteiger partial charge in [-0.25, -0.2) is 9.00 Å². The van der Waals surface area contributed by atoms with Gasteiger partial charge in [-0.15, -0.1) is 0 Å². The predicted molar refractivity (Wildman–Crippen MR) is 150 cm³/mol. The average Bonchev–Trinajstić information content (AvgIpc) is 3.22. The molecule has 0 aromatic heterocycles. The van der Waals surface area contributed by atoms with Gasteiger partial charge >= 0.3 is 12.1 Å². The molecule has 4 rings (SSSR count). The molecule has 0 heterocycles. The Morgan fingerprint density at radius 1 is 0.949 bits per heavy atom. The molecule has 1 amide bonds. The second kappa shape index (κ2) is 12.5. The fourth-order valence-corrected chi connectivity index (χ4v) is 5.55. The van der Waals surface area contributed by atoms with Gasteiger partial charge in [0.2, 0.25) is 11.3 Å². The molecule has 206 valence electrons. The predicted octanol–water partition coefficient (Wildman–Crippen LogP) is 5.44. The van der Waals surface area contributed by atoms with Gasteiger partial charge in [-0.3, -0.25) is 9.35 Å². The summed E-state index contributed by atoms with van der Waals surface area (Å²) in [6, 6.07) is 24.7. The van der Waals surface area contributed by atoms with Crippen molar-refractivity contribution < 1.29 is 27.8 Å². The van der Waals surface area contributed by atoms with Crippen molar-refractivity contribution in [3.05, 3.63) is 95.6 Å². The Kier molecular flexibility index (Phi) is 9.16. The van der Waals surface area contributed by atoms with Crippen LogP contribution in [0.25, 0.3) is 11.1 Å². The highest BCUT2D eigenvalue weighted by Crippen LogP contribution is 2.44. The molecule has 9 heteroatoms. The van der Waals surface area contributed by atoms with E-state index in [4.69, 9.17) is 9.47 Å². The Labute approximate surface area is 231 Å². The standard InChI is InChI=1S/C30H34N2O6S/c1-30(2,3)38-28(33)19-32(39(35)36)27(21-11-5-4-6-12-21)17-18-31-29(34)37-20-26-24-15-9-7-13-22(24)23-14-8-10-16-25(23)26/h4-16,26-27H,17-20H2,1-3H3,(H,31,34)(H,35,36). The van der Waals surface area contributed by atoms with Crippen molar-refractivity contribution >= 4 is 23.3 Å². The van der Waals surface area contributed by atoms with Gasteiger partial charge in [-0.05, 0) is 55.0 Å². The maximum absolute atomic E-state index is 12.6. The molecule has 2 unspecified atom stereocenters. The molecule has 0 radical (unpaired) electrons. The number of alkyl carbamates (subject to hydrolysis) is 1. The minimum absolute atomic E-state index is 0.0543. The fraction of sp³-hybridized carbons (Fsp3) is 0.333. The normalized spacial score (nSPS) is 14.3. The first-order valence-corrected chi connectivity index (χ1v) is 13.9. The Hall–Kier alpha value is -3.53. The number of benzene rings is 3. The van der Waals surface area contributed by atoms with Crippen LogP contribution in [-0.4, -0.2) is 50.4 Å². The minimum atomic E-state index is -2.46. The van der Waals surface area contributed by atoms with Crippen molar-refractivity contribution in [1.29, 1.82) is 0 Å². The summed E-state index contributed by atoms with van der Waals surface area (Å²) in [5, 5.41) is 2.76. The Balaban J connectivity index is 1.39. The van der Waals surface area contributed by atoms with Gasteiger partial charge in [0.05, 0.1) is 6.04 Å². The van der Waals surface area contributed by atoms with E-state index in [0.29, 0.717) is 0 Å². The van der Waals surface area contributed by atoms with Gasteiger partial charge in [-0.1, -0.05) is 78.9 Å². The molecule has 0 spiro atoms. The first-order chi connectivity index (χ1) is 18.6. The monoisotopic (exact) mass is 550 g/mol. The van der Waals surface area contributed by atoms with Crippen molar-refractivity contribution in [2.75, 3.05) is 19.7 Å². The number of carbonyl (C=O) groups is 2. The first-order valence-electron chi connectivity index (χ1n) is 12.9. The van der Waals surface area contributed by atoms with Crippen molar-refractivity contribution in [1.82, 2.24) is 9.62 Å². The van der Waals surface area contributed by atoms with E-state index in [1.54, 1.807) is 20.8 Å². The summed E-state index contributed by atoms with van der Waals surface area (Å²) in [5.41, 5.74) is 4.55. The van der Waals surface area contributed by atoms with Crippen LogP contribution in [0.4, 0.5) is 4.79 Å². The van der Waals surface area contributed by atoms with Gasteiger partial charge in [-0.2, -0.15) is 4.31 Å². The van der Waals surface area contributed by atoms with E-state index in [1.807, 2.05) is 54.6 Å². The molecule has 2 N–H and O–H groups in total. The highest BCUT2D eigenvalue weighted by atomic mass is 32.2. The zero-order valence-corrected chi connectivity index (χ0v) is 23.1. The maximum Gasteiger partial charge on any atom is 0.407 e. The van der Waals surface area contributed by atoms with E-state index >= 15 is 0 Å². The summed E-state index contributed by atoms with van der Waals surface area (Å²) in [5.74, 6) is -0.670. The number of fused-ring (bicyclic) bond motifs is 3. The van der Waals surface area contributed by atoms with Crippen LogP contribution >= 0.6 is 0 Å². The highest BCUT2D eigenvalue weighted by Gasteiger charge is 2.31. The third kappa shape index (κ3) is 7.32. The van der Waals surface area contributed by atoms with Crippen LogP contribution in [-0.2, 0) is 25.5 Å². The Morgan fingerprint density at radius 2 is 1.51 bits per heavy atom. The van der Waals surface area contributed by atoms with Crippen LogP contribution < -0.4 is 5.32 Å². The number of rotatable bonds is 10. The summed E-state index contributed by atoms with van der Waals surface area (Å²) in [6.07, 6.45) is -0.309. The summed E-state index contributed by atoms with van der Waals surface area (Å²) < 4.78 is 34.4. The number of nitrogens with one attached hydrogen (secondary N) is 1. The molecule has 3 aromatic carbocycles. The van der Waals surface area contributed by atoms with Crippen LogP contribution in [0.2, 0.25) is 0 Å². The van der Waals surface area contributed by atoms with E-state index in [1.165, 1.54) is 0 Å². The molecule has 1 aliphatic carbocycles. The van der Waals surface area contributed by atoms with Gasteiger partial charge in [0.25, 0.3) is 0 Å². The van der Waals surface area contributed by atoms with E-state index < -0.39 is 35.0 Å². The van der Waals surface area contributed by atoms with Crippen molar-refractivity contribution in [3.63, 3.8) is 0 Å². The average molecular weight is 551 g/mol. The lowest BCUT2D eigenvalue weighted by Crippen LogP contribution is -2.39. The van der Waals surface area contributed by atoms with Gasteiger partial charge < -0.3 is 14.8 Å². The molecule has 3 aromatic rings. The molecular formula is C30H34N2O6S. The third-order valence-corrected chi connectivity index (χ3v) is 7.25. The lowest BCUT2D eigenvalue weighted by atomic mass is 9.98. The number of esters is 1. The number of ether oxygens (including phenoxy) is 2. The lowest BCUT2D eigenvalue weighted by molar-refractivity contribution is -0.155. The molecule has 1 aliphatic rings. The van der Waals surface area contributed by atoms with Crippen molar-refractivity contribution in [2.45, 2.75) is 44.8 Å². The number of nitrogens with zero attached hydrogens (tertiary/aromatic N) is 1.